The summed E-state index contributed by atoms with van der Waals surface area (Å²) in [5.74, 6) is -0.198. The lowest BCUT2D eigenvalue weighted by Crippen LogP contribution is -2.18. The highest BCUT2D eigenvalue weighted by molar-refractivity contribution is 7.99. The Bertz CT molecular complexity index is 702. The van der Waals surface area contributed by atoms with Gasteiger partial charge in [0.25, 0.3) is 0 Å². The summed E-state index contributed by atoms with van der Waals surface area (Å²) in [5.41, 5.74) is 0.730. The lowest BCUT2D eigenvalue weighted by atomic mass is 10.2. The average molecular weight is 355 g/mol. The van der Waals surface area contributed by atoms with E-state index >= 15 is 0 Å². The summed E-state index contributed by atoms with van der Waals surface area (Å²) in [6.45, 7) is 0. The van der Waals surface area contributed by atoms with E-state index in [4.69, 9.17) is 0 Å². The number of nitrogens with zero attached hydrogens (tertiary/aromatic N) is 2. The van der Waals surface area contributed by atoms with Gasteiger partial charge in [-0.3, -0.25) is 4.79 Å². The Morgan fingerprint density at radius 1 is 1.21 bits per heavy atom. The molecule has 24 heavy (non-hydrogen) atoms. The predicted octanol–water partition coefficient (Wildman–Crippen LogP) is 3.90. The molecule has 0 saturated carbocycles. The van der Waals surface area contributed by atoms with Crippen LogP contribution in [0.3, 0.4) is 0 Å². The highest BCUT2D eigenvalue weighted by Crippen LogP contribution is 2.29. The molecule has 1 amide bonds. The van der Waals surface area contributed by atoms with Crippen molar-refractivity contribution in [3.8, 4) is 0 Å². The van der Waals surface area contributed by atoms with Crippen molar-refractivity contribution in [2.75, 3.05) is 30.1 Å². The number of aromatic nitrogens is 1. The number of anilines is 2. The molecule has 1 aromatic carbocycles. The number of pyridine rings is 1. The van der Waals surface area contributed by atoms with Crippen molar-refractivity contribution in [3.63, 3.8) is 0 Å². The molecule has 1 N–H and O–H groups in total. The Morgan fingerprint density at radius 2 is 1.92 bits per heavy atom. The molecule has 1 aromatic heterocycles. The lowest BCUT2D eigenvalue weighted by Gasteiger charge is -2.17. The van der Waals surface area contributed by atoms with E-state index in [-0.39, 0.29) is 11.7 Å². The molecule has 4 nitrogen and oxygen atoms in total. The number of carbonyl (C=O) groups excluding carboxylic acids is 1. The van der Waals surface area contributed by atoms with Crippen molar-refractivity contribution >= 4 is 29.0 Å². The monoisotopic (exact) mass is 355 g/mol. The van der Waals surface area contributed by atoms with Gasteiger partial charge < -0.3 is 10.2 Å². The smallest absolute Gasteiger partial charge is 0.376 e. The maximum atomic E-state index is 12.5. The minimum atomic E-state index is -4.41. The van der Waals surface area contributed by atoms with Gasteiger partial charge in [-0.2, -0.15) is 13.2 Å². The second kappa shape index (κ2) is 7.57. The van der Waals surface area contributed by atoms with Crippen LogP contribution in [-0.2, 0) is 11.0 Å². The van der Waals surface area contributed by atoms with E-state index in [0.29, 0.717) is 10.7 Å². The zero-order valence-electron chi connectivity index (χ0n) is 13.1. The maximum Gasteiger partial charge on any atom is 0.417 e. The van der Waals surface area contributed by atoms with Crippen LogP contribution >= 0.6 is 11.8 Å². The molecule has 2 aromatic rings. The normalized spacial score (nSPS) is 11.2. The van der Waals surface area contributed by atoms with E-state index in [2.05, 4.69) is 10.3 Å². The number of thioether (sulfide) groups is 1. The number of rotatable bonds is 5. The fourth-order valence-corrected chi connectivity index (χ4v) is 2.57. The second-order valence-electron chi connectivity index (χ2n) is 5.13. The van der Waals surface area contributed by atoms with E-state index in [1.54, 1.807) is 6.07 Å². The van der Waals surface area contributed by atoms with Crippen molar-refractivity contribution < 1.29 is 18.0 Å². The first-order valence-electron chi connectivity index (χ1n) is 6.99. The summed E-state index contributed by atoms with van der Waals surface area (Å²) < 4.78 is 37.4. The van der Waals surface area contributed by atoms with Crippen LogP contribution in [0.15, 0.2) is 47.6 Å². The van der Waals surface area contributed by atoms with Gasteiger partial charge >= 0.3 is 6.18 Å². The minimum absolute atomic E-state index is 0.0557. The molecule has 0 aliphatic heterocycles. The van der Waals surface area contributed by atoms with Crippen LogP contribution in [0.25, 0.3) is 0 Å². The Kier molecular flexibility index (Phi) is 5.71. The van der Waals surface area contributed by atoms with Gasteiger partial charge in [0.15, 0.2) is 0 Å². The highest BCUT2D eigenvalue weighted by Gasteiger charge is 2.30. The number of benzene rings is 1. The average Bonchev–Trinajstić information content (AvgIpc) is 2.53. The molecule has 0 spiro atoms. The third-order valence-corrected chi connectivity index (χ3v) is 4.02. The number of hydrogen-bond acceptors (Lipinski definition) is 4. The molecular formula is C16H16F3N3OS. The van der Waals surface area contributed by atoms with Crippen molar-refractivity contribution in [1.82, 2.24) is 4.98 Å². The maximum absolute atomic E-state index is 12.5. The SMILES string of the molecule is CN(C)c1ccccc1NC(=O)CSc1ccc(C(F)(F)F)cn1. The molecular weight excluding hydrogens is 339 g/mol. The van der Waals surface area contributed by atoms with Crippen molar-refractivity contribution in [2.24, 2.45) is 0 Å². The largest absolute Gasteiger partial charge is 0.417 e. The quantitative estimate of drug-likeness (QED) is 0.827. The second-order valence-corrected chi connectivity index (χ2v) is 6.13. The van der Waals surface area contributed by atoms with Crippen LogP contribution in [0.1, 0.15) is 5.56 Å². The topological polar surface area (TPSA) is 45.2 Å². The Morgan fingerprint density at radius 3 is 2.50 bits per heavy atom. The Labute approximate surface area is 142 Å². The van der Waals surface area contributed by atoms with E-state index in [1.165, 1.54) is 6.07 Å². The van der Waals surface area contributed by atoms with Gasteiger partial charge in [-0.05, 0) is 24.3 Å². The first-order chi connectivity index (χ1) is 11.3. The summed E-state index contributed by atoms with van der Waals surface area (Å²) in [6, 6.07) is 9.55. The van der Waals surface area contributed by atoms with Crippen LogP contribution in [0.4, 0.5) is 24.5 Å². The van der Waals surface area contributed by atoms with Gasteiger partial charge in [0, 0.05) is 20.3 Å². The molecule has 2 rings (SSSR count). The van der Waals surface area contributed by atoms with E-state index in [9.17, 15) is 18.0 Å². The third kappa shape index (κ3) is 4.89. The fraction of sp³-hybridized carbons (Fsp3) is 0.250. The molecule has 0 fully saturated rings. The van der Waals surface area contributed by atoms with Crippen molar-refractivity contribution in [2.45, 2.75) is 11.2 Å². The molecule has 0 saturated heterocycles. The molecule has 128 valence electrons. The summed E-state index contributed by atoms with van der Waals surface area (Å²) in [7, 11) is 3.73. The van der Waals surface area contributed by atoms with Gasteiger partial charge in [-0.1, -0.05) is 23.9 Å². The summed E-state index contributed by atoms with van der Waals surface area (Å²) in [6.07, 6.45) is -3.65. The number of halogens is 3. The van der Waals surface area contributed by atoms with Crippen LogP contribution in [0.5, 0.6) is 0 Å². The molecule has 0 atom stereocenters. The number of carbonyl (C=O) groups is 1. The lowest BCUT2D eigenvalue weighted by molar-refractivity contribution is -0.137. The van der Waals surface area contributed by atoms with Crippen molar-refractivity contribution in [3.05, 3.63) is 48.2 Å². The summed E-state index contributed by atoms with van der Waals surface area (Å²) in [4.78, 5) is 17.6. The number of hydrogen-bond donors (Lipinski definition) is 1. The highest BCUT2D eigenvalue weighted by atomic mass is 32.2. The van der Waals surface area contributed by atoms with Gasteiger partial charge in [0.1, 0.15) is 0 Å². The van der Waals surface area contributed by atoms with Gasteiger partial charge in [0.05, 0.1) is 27.7 Å². The van der Waals surface area contributed by atoms with Crippen LogP contribution in [0.2, 0.25) is 0 Å². The molecule has 0 bridgehead atoms. The van der Waals surface area contributed by atoms with Gasteiger partial charge in [-0.25, -0.2) is 4.98 Å². The van der Waals surface area contributed by atoms with Crippen molar-refractivity contribution in [1.29, 1.82) is 0 Å². The zero-order valence-corrected chi connectivity index (χ0v) is 13.9. The summed E-state index contributed by atoms with van der Waals surface area (Å²) in [5, 5.41) is 3.15. The molecule has 8 heteroatoms. The molecule has 1 heterocycles. The molecule has 0 radical (unpaired) electrons. The zero-order chi connectivity index (χ0) is 17.7. The number of para-hydroxylation sites is 2. The minimum Gasteiger partial charge on any atom is -0.376 e. The first-order valence-corrected chi connectivity index (χ1v) is 7.98. The Hall–Kier alpha value is -2.22. The standard InChI is InChI=1S/C16H16F3N3OS/c1-22(2)13-6-4-3-5-12(13)21-14(23)10-24-15-8-7-11(9-20-15)16(17,18)19/h3-9H,10H2,1-2H3,(H,21,23). The van der Waals surface area contributed by atoms with E-state index < -0.39 is 11.7 Å². The number of alkyl halides is 3. The third-order valence-electron chi connectivity index (χ3n) is 3.07. The van der Waals surface area contributed by atoms with Crippen LogP contribution in [0, 0.1) is 0 Å². The van der Waals surface area contributed by atoms with E-state index in [1.807, 2.05) is 37.2 Å². The van der Waals surface area contributed by atoms with Crippen LogP contribution in [-0.4, -0.2) is 30.7 Å². The molecule has 0 unspecified atom stereocenters. The Balaban J connectivity index is 1.94. The van der Waals surface area contributed by atoms with Crippen LogP contribution < -0.4 is 10.2 Å². The van der Waals surface area contributed by atoms with Gasteiger partial charge in [0.2, 0.25) is 5.91 Å². The first kappa shape index (κ1) is 18.1. The van der Waals surface area contributed by atoms with Gasteiger partial charge in [-0.15, -0.1) is 0 Å². The number of nitrogens with one attached hydrogen (secondary N) is 1. The number of amides is 1. The fourth-order valence-electron chi connectivity index (χ4n) is 1.93. The summed E-state index contributed by atoms with van der Waals surface area (Å²) >= 11 is 1.08. The predicted molar refractivity (Wildman–Crippen MR) is 89.4 cm³/mol. The molecule has 0 aliphatic rings. The van der Waals surface area contributed by atoms with E-state index in [0.717, 1.165) is 29.7 Å². The molecule has 0 aliphatic carbocycles.